The first kappa shape index (κ1) is 22.6. The van der Waals surface area contributed by atoms with Crippen molar-refractivity contribution in [3.05, 3.63) is 51.1 Å². The van der Waals surface area contributed by atoms with E-state index in [0.717, 1.165) is 29.8 Å². The van der Waals surface area contributed by atoms with Crippen LogP contribution in [-0.4, -0.2) is 49.4 Å². The topological polar surface area (TPSA) is 52.6 Å². The Hall–Kier alpha value is -1.70. The second-order valence-corrected chi connectivity index (χ2v) is 8.25. The molecule has 28 heavy (non-hydrogen) atoms. The van der Waals surface area contributed by atoms with Gasteiger partial charge in [0.2, 0.25) is 5.91 Å². The molecule has 7 heteroatoms. The van der Waals surface area contributed by atoms with E-state index < -0.39 is 0 Å². The highest BCUT2D eigenvalue weighted by Gasteiger charge is 2.17. The summed E-state index contributed by atoms with van der Waals surface area (Å²) in [6.45, 7) is 8.16. The number of thiophene rings is 1. The standard InChI is InChI=1S/C21H28BrN3O2S/c1-3-24(4-2)13-14-25(18-9-5-8-17(22)16-18)20(26)11-6-12-23-21(27)19-10-7-15-28-19/h5,7-10,15-16H,3-4,6,11-14H2,1-2H3,(H,23,27). The summed E-state index contributed by atoms with van der Waals surface area (Å²) in [6, 6.07) is 11.5. The van der Waals surface area contributed by atoms with E-state index in [1.54, 1.807) is 6.07 Å². The van der Waals surface area contributed by atoms with Crippen molar-refractivity contribution in [3.8, 4) is 0 Å². The lowest BCUT2D eigenvalue weighted by Gasteiger charge is -2.27. The van der Waals surface area contributed by atoms with Crippen LogP contribution in [0.4, 0.5) is 5.69 Å². The maximum absolute atomic E-state index is 12.9. The van der Waals surface area contributed by atoms with Gasteiger partial charge in [-0.25, -0.2) is 0 Å². The summed E-state index contributed by atoms with van der Waals surface area (Å²) in [6.07, 6.45) is 1.02. The molecule has 0 atom stereocenters. The van der Waals surface area contributed by atoms with Crippen molar-refractivity contribution < 1.29 is 9.59 Å². The number of hydrogen-bond donors (Lipinski definition) is 1. The zero-order valence-electron chi connectivity index (χ0n) is 16.5. The predicted octanol–water partition coefficient (Wildman–Crippen LogP) is 4.40. The van der Waals surface area contributed by atoms with Gasteiger partial charge >= 0.3 is 0 Å². The van der Waals surface area contributed by atoms with Crippen LogP contribution in [0.25, 0.3) is 0 Å². The molecule has 0 bridgehead atoms. The van der Waals surface area contributed by atoms with Crippen molar-refractivity contribution in [1.82, 2.24) is 10.2 Å². The van der Waals surface area contributed by atoms with Crippen LogP contribution in [-0.2, 0) is 4.79 Å². The summed E-state index contributed by atoms with van der Waals surface area (Å²) in [4.78, 5) is 29.7. The Morgan fingerprint density at radius 3 is 2.54 bits per heavy atom. The fourth-order valence-electron chi connectivity index (χ4n) is 2.89. The predicted molar refractivity (Wildman–Crippen MR) is 120 cm³/mol. The molecule has 0 aliphatic rings. The van der Waals surface area contributed by atoms with Crippen molar-refractivity contribution in [1.29, 1.82) is 0 Å². The zero-order chi connectivity index (χ0) is 20.4. The number of halogens is 1. The first-order valence-electron chi connectivity index (χ1n) is 9.65. The highest BCUT2D eigenvalue weighted by Crippen LogP contribution is 2.21. The number of nitrogens with zero attached hydrogens (tertiary/aromatic N) is 2. The van der Waals surface area contributed by atoms with Gasteiger partial charge < -0.3 is 15.1 Å². The zero-order valence-corrected chi connectivity index (χ0v) is 18.9. The third-order valence-corrected chi connectivity index (χ3v) is 5.92. The Morgan fingerprint density at radius 1 is 1.11 bits per heavy atom. The number of likely N-dealkylation sites (N-methyl/N-ethyl adjacent to an activating group) is 1. The molecule has 2 aromatic rings. The first-order chi connectivity index (χ1) is 13.5. The fourth-order valence-corrected chi connectivity index (χ4v) is 3.92. The van der Waals surface area contributed by atoms with Crippen molar-refractivity contribution in [2.24, 2.45) is 0 Å². The highest BCUT2D eigenvalue weighted by molar-refractivity contribution is 9.10. The average molecular weight is 466 g/mol. The van der Waals surface area contributed by atoms with E-state index in [1.807, 2.05) is 40.6 Å². The molecule has 1 heterocycles. The molecular formula is C21H28BrN3O2S. The van der Waals surface area contributed by atoms with Gasteiger partial charge in [0, 0.05) is 36.2 Å². The smallest absolute Gasteiger partial charge is 0.261 e. The van der Waals surface area contributed by atoms with E-state index >= 15 is 0 Å². The van der Waals surface area contributed by atoms with Crippen LogP contribution in [0.15, 0.2) is 46.3 Å². The Bertz CT molecular complexity index is 748. The fraction of sp³-hybridized carbons (Fsp3) is 0.429. The first-order valence-corrected chi connectivity index (χ1v) is 11.3. The van der Waals surface area contributed by atoms with Crippen LogP contribution in [0.3, 0.4) is 0 Å². The molecular weight excluding hydrogens is 438 g/mol. The van der Waals surface area contributed by atoms with Crippen molar-refractivity contribution >= 4 is 44.8 Å². The van der Waals surface area contributed by atoms with Crippen LogP contribution in [0.2, 0.25) is 0 Å². The molecule has 0 aliphatic heterocycles. The molecule has 0 fully saturated rings. The van der Waals surface area contributed by atoms with Crippen LogP contribution in [0.1, 0.15) is 36.4 Å². The Labute approximate surface area is 179 Å². The van der Waals surface area contributed by atoms with E-state index in [0.29, 0.717) is 30.8 Å². The summed E-state index contributed by atoms with van der Waals surface area (Å²) in [7, 11) is 0. The SMILES string of the molecule is CCN(CC)CCN(C(=O)CCCNC(=O)c1cccs1)c1cccc(Br)c1. The van der Waals surface area contributed by atoms with Crippen molar-refractivity contribution in [3.63, 3.8) is 0 Å². The van der Waals surface area contributed by atoms with Crippen LogP contribution in [0.5, 0.6) is 0 Å². The molecule has 0 unspecified atom stereocenters. The van der Waals surface area contributed by atoms with Gasteiger partial charge in [0.1, 0.15) is 0 Å². The Morgan fingerprint density at radius 2 is 1.89 bits per heavy atom. The number of amides is 2. The van der Waals surface area contributed by atoms with E-state index in [9.17, 15) is 9.59 Å². The third-order valence-electron chi connectivity index (χ3n) is 4.55. The van der Waals surface area contributed by atoms with Gasteiger partial charge in [0.05, 0.1) is 4.88 Å². The van der Waals surface area contributed by atoms with Crippen LogP contribution < -0.4 is 10.2 Å². The third kappa shape index (κ3) is 7.04. The lowest BCUT2D eigenvalue weighted by atomic mass is 10.2. The van der Waals surface area contributed by atoms with Gasteiger partial charge in [-0.1, -0.05) is 41.9 Å². The van der Waals surface area contributed by atoms with Crippen LogP contribution in [0, 0.1) is 0 Å². The van der Waals surface area contributed by atoms with Gasteiger partial charge in [-0.15, -0.1) is 11.3 Å². The molecule has 1 aromatic carbocycles. The van der Waals surface area contributed by atoms with Crippen molar-refractivity contribution in [2.45, 2.75) is 26.7 Å². The minimum Gasteiger partial charge on any atom is -0.351 e. The van der Waals surface area contributed by atoms with E-state index in [-0.39, 0.29) is 11.8 Å². The summed E-state index contributed by atoms with van der Waals surface area (Å²) in [5.74, 6) is 0.00320. The molecule has 0 aliphatic carbocycles. The maximum Gasteiger partial charge on any atom is 0.261 e. The molecule has 1 N–H and O–H groups in total. The molecule has 0 radical (unpaired) electrons. The highest BCUT2D eigenvalue weighted by atomic mass is 79.9. The molecule has 1 aromatic heterocycles. The Balaban J connectivity index is 1.91. The van der Waals surface area contributed by atoms with E-state index in [4.69, 9.17) is 0 Å². The Kier molecular flexibility index (Phi) is 9.67. The second-order valence-electron chi connectivity index (χ2n) is 6.39. The van der Waals surface area contributed by atoms with E-state index in [2.05, 4.69) is 40.0 Å². The molecule has 5 nitrogen and oxygen atoms in total. The van der Waals surface area contributed by atoms with Crippen LogP contribution >= 0.6 is 27.3 Å². The number of hydrogen-bond acceptors (Lipinski definition) is 4. The monoisotopic (exact) mass is 465 g/mol. The normalized spacial score (nSPS) is 10.9. The lowest BCUT2D eigenvalue weighted by molar-refractivity contribution is -0.118. The summed E-state index contributed by atoms with van der Waals surface area (Å²) in [5, 5.41) is 4.76. The molecule has 2 rings (SSSR count). The molecule has 0 saturated heterocycles. The number of nitrogens with one attached hydrogen (secondary N) is 1. The second kappa shape index (κ2) is 12.0. The largest absolute Gasteiger partial charge is 0.351 e. The summed E-state index contributed by atoms with van der Waals surface area (Å²) < 4.78 is 0.953. The van der Waals surface area contributed by atoms with Gasteiger partial charge in [-0.3, -0.25) is 9.59 Å². The number of anilines is 1. The minimum atomic E-state index is -0.0761. The molecule has 0 saturated carbocycles. The van der Waals surface area contributed by atoms with Gasteiger partial charge in [0.15, 0.2) is 0 Å². The van der Waals surface area contributed by atoms with Gasteiger partial charge in [-0.05, 0) is 49.2 Å². The minimum absolute atomic E-state index is 0.0761. The van der Waals surface area contributed by atoms with Crippen molar-refractivity contribution in [2.75, 3.05) is 37.6 Å². The van der Waals surface area contributed by atoms with Gasteiger partial charge in [-0.2, -0.15) is 0 Å². The number of rotatable bonds is 11. The number of benzene rings is 1. The molecule has 0 spiro atoms. The number of carbonyl (C=O) groups is 2. The lowest BCUT2D eigenvalue weighted by Crippen LogP contribution is -2.39. The quantitative estimate of drug-likeness (QED) is 0.500. The van der Waals surface area contributed by atoms with E-state index in [1.165, 1.54) is 11.3 Å². The maximum atomic E-state index is 12.9. The molecule has 2 amide bonds. The molecule has 152 valence electrons. The number of carbonyl (C=O) groups excluding carboxylic acids is 2. The summed E-state index contributed by atoms with van der Waals surface area (Å²) in [5.41, 5.74) is 0.897. The van der Waals surface area contributed by atoms with Gasteiger partial charge in [0.25, 0.3) is 5.91 Å². The summed E-state index contributed by atoms with van der Waals surface area (Å²) >= 11 is 4.91. The average Bonchev–Trinajstić information content (AvgIpc) is 3.23.